The fraction of sp³-hybridized carbons (Fsp3) is 0.156. The molecule has 5 aromatic rings. The Morgan fingerprint density at radius 2 is 1.50 bits per heavy atom. The van der Waals surface area contributed by atoms with Gasteiger partial charge in [-0.15, -0.1) is 0 Å². The number of rotatable bonds is 6. The molecule has 0 aliphatic heterocycles. The maximum absolute atomic E-state index is 12.9. The second kappa shape index (κ2) is 9.63. The van der Waals surface area contributed by atoms with Crippen molar-refractivity contribution in [3.05, 3.63) is 113 Å². The molecular weight excluding hydrogens is 476 g/mol. The van der Waals surface area contributed by atoms with Gasteiger partial charge in [0.25, 0.3) is 0 Å². The van der Waals surface area contributed by atoms with E-state index in [9.17, 15) is 14.7 Å². The van der Waals surface area contributed by atoms with E-state index in [1.807, 2.05) is 85.8 Å². The van der Waals surface area contributed by atoms with Crippen LogP contribution in [0, 0.1) is 6.92 Å². The van der Waals surface area contributed by atoms with E-state index in [-0.39, 0.29) is 18.9 Å². The highest BCUT2D eigenvalue weighted by atomic mass is 16.5. The number of alkyl carbamates (subject to hydrolysis) is 1. The Balaban J connectivity index is 1.25. The number of carbonyl (C=O) groups is 2. The number of aliphatic carboxylic acids is 1. The van der Waals surface area contributed by atoms with E-state index < -0.39 is 18.1 Å². The van der Waals surface area contributed by atoms with Crippen molar-refractivity contribution >= 4 is 33.9 Å². The van der Waals surface area contributed by atoms with E-state index in [4.69, 9.17) is 9.72 Å². The zero-order valence-electron chi connectivity index (χ0n) is 20.8. The number of para-hydroxylation sites is 1. The summed E-state index contributed by atoms with van der Waals surface area (Å²) in [5.74, 6) is -1.23. The number of carboxylic acid groups (broad SMARTS) is 1. The number of carbonyl (C=O) groups excluding carboxylic acids is 1. The van der Waals surface area contributed by atoms with Crippen molar-refractivity contribution in [3.63, 3.8) is 0 Å². The molecule has 0 radical (unpaired) electrons. The van der Waals surface area contributed by atoms with Gasteiger partial charge in [0.1, 0.15) is 12.6 Å². The van der Waals surface area contributed by atoms with E-state index in [2.05, 4.69) is 17.4 Å². The van der Waals surface area contributed by atoms with E-state index in [1.165, 1.54) is 0 Å². The first-order valence-electron chi connectivity index (χ1n) is 12.6. The molecule has 1 aliphatic carbocycles. The van der Waals surface area contributed by atoms with Gasteiger partial charge < -0.3 is 15.2 Å². The van der Waals surface area contributed by atoms with Crippen molar-refractivity contribution in [2.45, 2.75) is 25.3 Å². The first-order valence-corrected chi connectivity index (χ1v) is 12.6. The highest BCUT2D eigenvalue weighted by Gasteiger charge is 2.30. The van der Waals surface area contributed by atoms with Crippen molar-refractivity contribution in [2.75, 3.05) is 6.61 Å². The van der Waals surface area contributed by atoms with Gasteiger partial charge in [-0.25, -0.2) is 14.6 Å². The number of aromatic nitrogens is 1. The van der Waals surface area contributed by atoms with Gasteiger partial charge in [-0.2, -0.15) is 0 Å². The summed E-state index contributed by atoms with van der Waals surface area (Å²) in [7, 11) is 0. The van der Waals surface area contributed by atoms with Crippen LogP contribution in [0.4, 0.5) is 4.79 Å². The molecule has 6 nitrogen and oxygen atoms in total. The van der Waals surface area contributed by atoms with Crippen LogP contribution in [0.2, 0.25) is 0 Å². The van der Waals surface area contributed by atoms with Gasteiger partial charge in [-0.3, -0.25) is 0 Å². The molecule has 1 unspecified atom stereocenters. The van der Waals surface area contributed by atoms with Crippen LogP contribution in [0.25, 0.3) is 32.9 Å². The number of fused-ring (bicyclic) bond motifs is 5. The van der Waals surface area contributed by atoms with E-state index in [1.54, 1.807) is 0 Å². The fourth-order valence-corrected chi connectivity index (χ4v) is 5.50. The Morgan fingerprint density at radius 3 is 2.21 bits per heavy atom. The standard InChI is InChI=1S/C32H26N2O4/c1-19-14-15-29-26(16-19)25(24-12-6-7-13-28(24)33-29)17-30(31(35)36)34-32(37)38-18-27-22-10-4-2-8-20(22)21-9-3-5-11-23(21)27/h2-16,27,30H,17-18H2,1H3,(H,34,37)(H,35,36). The molecule has 1 aliphatic rings. The Morgan fingerprint density at radius 1 is 0.868 bits per heavy atom. The largest absolute Gasteiger partial charge is 0.480 e. The first kappa shape index (κ1) is 23.7. The summed E-state index contributed by atoms with van der Waals surface area (Å²) >= 11 is 0. The summed E-state index contributed by atoms with van der Waals surface area (Å²) in [6.45, 7) is 2.11. The number of benzene rings is 4. The van der Waals surface area contributed by atoms with Gasteiger partial charge in [-0.05, 0) is 52.9 Å². The molecule has 4 aromatic carbocycles. The number of carboxylic acids is 1. The van der Waals surface area contributed by atoms with Gasteiger partial charge in [0, 0.05) is 23.1 Å². The molecule has 0 spiro atoms. The normalized spacial score (nSPS) is 13.2. The Bertz CT molecular complexity index is 1670. The number of aryl methyl sites for hydroxylation is 1. The van der Waals surface area contributed by atoms with E-state index >= 15 is 0 Å². The van der Waals surface area contributed by atoms with Crippen molar-refractivity contribution in [1.82, 2.24) is 10.3 Å². The summed E-state index contributed by atoms with van der Waals surface area (Å²) in [5, 5.41) is 14.4. The van der Waals surface area contributed by atoms with Crippen LogP contribution < -0.4 is 5.32 Å². The number of hydrogen-bond donors (Lipinski definition) is 2. The minimum Gasteiger partial charge on any atom is -0.480 e. The molecule has 6 heteroatoms. The van der Waals surface area contributed by atoms with Crippen LogP contribution in [0.15, 0.2) is 91.0 Å². The second-order valence-electron chi connectivity index (χ2n) is 9.69. The van der Waals surface area contributed by atoms with Gasteiger partial charge in [0.2, 0.25) is 0 Å². The number of ether oxygens (including phenoxy) is 1. The number of amides is 1. The van der Waals surface area contributed by atoms with Crippen LogP contribution in [0.5, 0.6) is 0 Å². The monoisotopic (exact) mass is 502 g/mol. The minimum atomic E-state index is -1.17. The molecule has 0 saturated carbocycles. The number of nitrogens with zero attached hydrogens (tertiary/aromatic N) is 1. The zero-order chi connectivity index (χ0) is 26.2. The predicted octanol–water partition coefficient (Wildman–Crippen LogP) is 6.23. The highest BCUT2D eigenvalue weighted by Crippen LogP contribution is 2.44. The average molecular weight is 503 g/mol. The van der Waals surface area contributed by atoms with E-state index in [0.717, 1.165) is 55.2 Å². The lowest BCUT2D eigenvalue weighted by molar-refractivity contribution is -0.139. The van der Waals surface area contributed by atoms with Crippen LogP contribution >= 0.6 is 0 Å². The number of hydrogen-bond acceptors (Lipinski definition) is 4. The second-order valence-corrected chi connectivity index (χ2v) is 9.69. The topological polar surface area (TPSA) is 88.5 Å². The Labute approximate surface area is 219 Å². The van der Waals surface area contributed by atoms with Crippen LogP contribution in [0.3, 0.4) is 0 Å². The molecule has 1 aromatic heterocycles. The van der Waals surface area contributed by atoms with Gasteiger partial charge in [0.05, 0.1) is 11.0 Å². The Kier molecular flexibility index (Phi) is 6.00. The summed E-state index contributed by atoms with van der Waals surface area (Å²) in [6, 6.07) is 28.6. The fourth-order valence-electron chi connectivity index (χ4n) is 5.50. The smallest absolute Gasteiger partial charge is 0.407 e. The molecule has 0 bridgehead atoms. The highest BCUT2D eigenvalue weighted by molar-refractivity contribution is 5.98. The molecule has 1 heterocycles. The summed E-state index contributed by atoms with van der Waals surface area (Å²) in [6.07, 6.45) is -0.652. The zero-order valence-corrected chi connectivity index (χ0v) is 20.8. The Hall–Kier alpha value is -4.71. The van der Waals surface area contributed by atoms with Crippen molar-refractivity contribution in [1.29, 1.82) is 0 Å². The van der Waals surface area contributed by atoms with Crippen LogP contribution in [-0.4, -0.2) is 34.8 Å². The third-order valence-corrected chi connectivity index (χ3v) is 7.29. The summed E-state index contributed by atoms with van der Waals surface area (Å²) in [5.41, 5.74) is 7.91. The molecule has 1 amide bonds. The third kappa shape index (κ3) is 4.24. The molecule has 2 N–H and O–H groups in total. The SMILES string of the molecule is Cc1ccc2nc3ccccc3c(CC(NC(=O)OCC3c4ccccc4-c4ccccc43)C(=O)O)c2c1. The molecule has 1 atom stereocenters. The molecule has 6 rings (SSSR count). The molecule has 188 valence electrons. The quantitative estimate of drug-likeness (QED) is 0.269. The van der Waals surface area contributed by atoms with Crippen LogP contribution in [0.1, 0.15) is 28.2 Å². The minimum absolute atomic E-state index is 0.0997. The number of nitrogens with one attached hydrogen (secondary N) is 1. The molecule has 0 saturated heterocycles. The predicted molar refractivity (Wildman–Crippen MR) is 147 cm³/mol. The summed E-state index contributed by atoms with van der Waals surface area (Å²) in [4.78, 5) is 29.9. The van der Waals surface area contributed by atoms with Gasteiger partial charge in [0.15, 0.2) is 0 Å². The lowest BCUT2D eigenvalue weighted by Gasteiger charge is -2.19. The maximum Gasteiger partial charge on any atom is 0.407 e. The third-order valence-electron chi connectivity index (χ3n) is 7.29. The lowest BCUT2D eigenvalue weighted by Crippen LogP contribution is -2.43. The molecular formula is C32H26N2O4. The summed E-state index contributed by atoms with van der Waals surface area (Å²) < 4.78 is 5.63. The first-order chi connectivity index (χ1) is 18.5. The van der Waals surface area contributed by atoms with Crippen molar-refractivity contribution in [3.8, 4) is 11.1 Å². The molecule has 38 heavy (non-hydrogen) atoms. The molecule has 0 fully saturated rings. The van der Waals surface area contributed by atoms with Gasteiger partial charge >= 0.3 is 12.1 Å². The van der Waals surface area contributed by atoms with Crippen molar-refractivity contribution in [2.24, 2.45) is 0 Å². The maximum atomic E-state index is 12.9. The van der Waals surface area contributed by atoms with Crippen LogP contribution in [-0.2, 0) is 16.0 Å². The van der Waals surface area contributed by atoms with Gasteiger partial charge in [-0.1, -0.05) is 78.4 Å². The average Bonchev–Trinajstić information content (AvgIpc) is 3.25. The lowest BCUT2D eigenvalue weighted by atomic mass is 9.95. The number of pyridine rings is 1. The van der Waals surface area contributed by atoms with E-state index in [0.29, 0.717) is 0 Å². The van der Waals surface area contributed by atoms with Crippen molar-refractivity contribution < 1.29 is 19.4 Å².